The average molecular weight is 310 g/mol. The molecule has 1 aliphatic carbocycles. The second-order valence-electron chi connectivity index (χ2n) is 6.24. The van der Waals surface area contributed by atoms with Crippen LogP contribution in [0.2, 0.25) is 0 Å². The maximum Gasteiger partial charge on any atom is 0.196 e. The molecule has 1 atom stereocenters. The molecule has 1 unspecified atom stereocenters. The molecule has 4 aromatic rings. The maximum absolute atomic E-state index is 12.5. The summed E-state index contributed by atoms with van der Waals surface area (Å²) in [5.41, 5.74) is 1.50. The summed E-state index contributed by atoms with van der Waals surface area (Å²) in [7, 11) is 0. The zero-order chi connectivity index (χ0) is 16.3. The van der Waals surface area contributed by atoms with E-state index in [4.69, 9.17) is 0 Å². The van der Waals surface area contributed by atoms with E-state index in [0.717, 1.165) is 21.7 Å². The van der Waals surface area contributed by atoms with Crippen molar-refractivity contribution in [2.75, 3.05) is 0 Å². The number of hydrogen-bond donors (Lipinski definition) is 1. The van der Waals surface area contributed by atoms with Crippen molar-refractivity contribution >= 4 is 44.2 Å². The Hall–Kier alpha value is -2.97. The Morgan fingerprint density at radius 1 is 0.708 bits per heavy atom. The van der Waals surface area contributed by atoms with E-state index in [2.05, 4.69) is 36.4 Å². The molecule has 2 nitrogen and oxygen atoms in total. The normalized spacial score (nSPS) is 16.9. The number of ketones is 1. The van der Waals surface area contributed by atoms with Crippen LogP contribution in [0.15, 0.2) is 66.7 Å². The van der Waals surface area contributed by atoms with Gasteiger partial charge in [-0.1, -0.05) is 66.7 Å². The summed E-state index contributed by atoms with van der Waals surface area (Å²) >= 11 is 0. The van der Waals surface area contributed by atoms with Gasteiger partial charge in [0.05, 0.1) is 0 Å². The molecule has 0 saturated heterocycles. The summed E-state index contributed by atoms with van der Waals surface area (Å²) < 4.78 is 0. The van der Waals surface area contributed by atoms with Crippen molar-refractivity contribution in [2.24, 2.45) is 0 Å². The van der Waals surface area contributed by atoms with Crippen molar-refractivity contribution < 1.29 is 9.90 Å². The Kier molecular flexibility index (Phi) is 2.67. The smallest absolute Gasteiger partial charge is 0.196 e. The van der Waals surface area contributed by atoms with E-state index in [1.54, 1.807) is 6.08 Å². The highest BCUT2D eigenvalue weighted by Gasteiger charge is 2.24. The highest BCUT2D eigenvalue weighted by atomic mass is 16.3. The van der Waals surface area contributed by atoms with Crippen molar-refractivity contribution in [2.45, 2.75) is 6.10 Å². The largest absolute Gasteiger partial charge is 0.381 e. The van der Waals surface area contributed by atoms with Crippen molar-refractivity contribution in [3.63, 3.8) is 0 Å². The molecule has 0 spiro atoms. The van der Waals surface area contributed by atoms with E-state index in [9.17, 15) is 9.90 Å². The fraction of sp³-hybridized carbons (Fsp3) is 0.0455. The second-order valence-corrected chi connectivity index (χ2v) is 6.24. The molecule has 24 heavy (non-hydrogen) atoms. The first kappa shape index (κ1) is 13.5. The highest BCUT2D eigenvalue weighted by Crippen LogP contribution is 2.35. The maximum atomic E-state index is 12.5. The molecular formula is C22H14O2. The first-order chi connectivity index (χ1) is 11.7. The summed E-state index contributed by atoms with van der Waals surface area (Å²) in [4.78, 5) is 12.5. The van der Waals surface area contributed by atoms with E-state index in [-0.39, 0.29) is 5.78 Å². The Balaban J connectivity index is 1.95. The van der Waals surface area contributed by atoms with E-state index >= 15 is 0 Å². The Bertz CT molecular complexity index is 1180. The number of benzene rings is 4. The van der Waals surface area contributed by atoms with E-state index in [1.165, 1.54) is 16.2 Å². The van der Waals surface area contributed by atoms with Gasteiger partial charge in [-0.2, -0.15) is 0 Å². The third-order valence-corrected chi connectivity index (χ3v) is 4.93. The number of rotatable bonds is 0. The van der Waals surface area contributed by atoms with Gasteiger partial charge in [-0.25, -0.2) is 0 Å². The predicted molar refractivity (Wildman–Crippen MR) is 98.3 cm³/mol. The minimum atomic E-state index is -1.05. The number of fused-ring (bicyclic) bond motifs is 7. The van der Waals surface area contributed by atoms with Crippen molar-refractivity contribution in [3.8, 4) is 0 Å². The van der Waals surface area contributed by atoms with Gasteiger partial charge >= 0.3 is 0 Å². The summed E-state index contributed by atoms with van der Waals surface area (Å²) in [5.74, 6) is -0.224. The number of aliphatic hydroxyl groups excluding tert-OH is 1. The third kappa shape index (κ3) is 1.72. The molecule has 0 fully saturated rings. The fourth-order valence-electron chi connectivity index (χ4n) is 3.77. The van der Waals surface area contributed by atoms with Crippen LogP contribution in [0.3, 0.4) is 0 Å². The molecule has 0 saturated carbocycles. The van der Waals surface area contributed by atoms with Gasteiger partial charge in [-0.15, -0.1) is 0 Å². The highest BCUT2D eigenvalue weighted by molar-refractivity contribution is 6.23. The van der Waals surface area contributed by atoms with Crippen LogP contribution < -0.4 is 0 Å². The molecule has 4 aromatic carbocycles. The summed E-state index contributed by atoms with van der Waals surface area (Å²) in [6.07, 6.45) is 2.33. The van der Waals surface area contributed by atoms with Gasteiger partial charge in [0.1, 0.15) is 6.10 Å². The van der Waals surface area contributed by atoms with Gasteiger partial charge in [0.25, 0.3) is 0 Å². The van der Waals surface area contributed by atoms with Crippen molar-refractivity contribution in [3.05, 3.63) is 77.9 Å². The first-order valence-corrected chi connectivity index (χ1v) is 8.02. The molecule has 114 valence electrons. The molecule has 0 heterocycles. The lowest BCUT2D eigenvalue weighted by molar-refractivity contribution is 0.0820. The standard InChI is InChI=1S/C22H14O2/c23-20-12-7-14-6-9-18-17-8-5-13-3-1-2-4-15(13)16(17)10-11-19(18)21(14)22(20)24/h1-12,20,23H. The Labute approximate surface area is 138 Å². The predicted octanol–water partition coefficient (Wildman–Crippen LogP) is 4.72. The lowest BCUT2D eigenvalue weighted by Crippen LogP contribution is -2.22. The van der Waals surface area contributed by atoms with E-state index in [0.29, 0.717) is 5.56 Å². The lowest BCUT2D eigenvalue weighted by atomic mass is 9.87. The van der Waals surface area contributed by atoms with Crippen LogP contribution in [-0.2, 0) is 0 Å². The van der Waals surface area contributed by atoms with Crippen LogP contribution in [0, 0.1) is 0 Å². The van der Waals surface area contributed by atoms with Crippen LogP contribution in [0.5, 0.6) is 0 Å². The zero-order valence-corrected chi connectivity index (χ0v) is 12.9. The molecule has 1 N–H and O–H groups in total. The summed E-state index contributed by atoms with van der Waals surface area (Å²) in [6, 6.07) is 20.7. The van der Waals surface area contributed by atoms with Gasteiger partial charge in [0.2, 0.25) is 0 Å². The number of hydrogen-bond acceptors (Lipinski definition) is 2. The van der Waals surface area contributed by atoms with Crippen LogP contribution in [0.4, 0.5) is 0 Å². The first-order valence-electron chi connectivity index (χ1n) is 8.02. The number of aliphatic hydroxyl groups is 1. The summed E-state index contributed by atoms with van der Waals surface area (Å²) in [6.45, 7) is 0. The minimum Gasteiger partial charge on any atom is -0.381 e. The number of carbonyl (C=O) groups excluding carboxylic acids is 1. The number of Topliss-reactive ketones (excluding diaryl/α,β-unsaturated/α-hetero) is 1. The molecule has 0 radical (unpaired) electrons. The fourth-order valence-corrected chi connectivity index (χ4v) is 3.77. The number of carbonyl (C=O) groups is 1. The van der Waals surface area contributed by atoms with Crippen molar-refractivity contribution in [1.29, 1.82) is 0 Å². The monoisotopic (exact) mass is 310 g/mol. The molecule has 1 aliphatic rings. The topological polar surface area (TPSA) is 37.3 Å². The Morgan fingerprint density at radius 3 is 2.29 bits per heavy atom. The quantitative estimate of drug-likeness (QED) is 0.477. The van der Waals surface area contributed by atoms with E-state index in [1.807, 2.05) is 30.3 Å². The van der Waals surface area contributed by atoms with Gasteiger partial charge in [0, 0.05) is 5.56 Å². The van der Waals surface area contributed by atoms with Crippen molar-refractivity contribution in [1.82, 2.24) is 0 Å². The van der Waals surface area contributed by atoms with Crippen LogP contribution in [-0.4, -0.2) is 17.0 Å². The lowest BCUT2D eigenvalue weighted by Gasteiger charge is -2.17. The second kappa shape index (κ2) is 4.76. The third-order valence-electron chi connectivity index (χ3n) is 4.93. The van der Waals surface area contributed by atoms with Crippen LogP contribution in [0.1, 0.15) is 15.9 Å². The zero-order valence-electron chi connectivity index (χ0n) is 12.9. The van der Waals surface area contributed by atoms with Crippen LogP contribution in [0.25, 0.3) is 38.4 Å². The summed E-state index contributed by atoms with van der Waals surface area (Å²) in [5, 5.41) is 16.6. The SMILES string of the molecule is O=C1c2c(ccc3c2ccc2c4ccccc4ccc32)C=CC1O. The van der Waals surface area contributed by atoms with Gasteiger partial charge in [-0.05, 0) is 44.0 Å². The Morgan fingerprint density at radius 2 is 1.38 bits per heavy atom. The van der Waals surface area contributed by atoms with Gasteiger partial charge in [0.15, 0.2) is 5.78 Å². The molecular weight excluding hydrogens is 296 g/mol. The van der Waals surface area contributed by atoms with Crippen LogP contribution >= 0.6 is 0 Å². The van der Waals surface area contributed by atoms with E-state index < -0.39 is 6.10 Å². The van der Waals surface area contributed by atoms with Gasteiger partial charge < -0.3 is 5.11 Å². The molecule has 0 aromatic heterocycles. The molecule has 0 aliphatic heterocycles. The minimum absolute atomic E-state index is 0.224. The average Bonchev–Trinajstić information content (AvgIpc) is 2.63. The van der Waals surface area contributed by atoms with Gasteiger partial charge in [-0.3, -0.25) is 4.79 Å². The molecule has 0 amide bonds. The molecule has 5 rings (SSSR count). The molecule has 0 bridgehead atoms. The molecule has 2 heteroatoms.